The number of hydrogen-bond donors (Lipinski definition) is 3. The molecule has 8 heteroatoms. The predicted octanol–water partition coefficient (Wildman–Crippen LogP) is 1.68. The monoisotopic (exact) mass is 440 g/mol. The average molecular weight is 441 g/mol. The Hall–Kier alpha value is -2.94. The second-order valence-corrected chi connectivity index (χ2v) is 7.57. The van der Waals surface area contributed by atoms with Gasteiger partial charge in [-0.05, 0) is 22.3 Å². The van der Waals surface area contributed by atoms with E-state index in [-0.39, 0.29) is 31.5 Å². The number of nitrogens with zero attached hydrogens (tertiary/aromatic N) is 1. The molecule has 0 bridgehead atoms. The van der Waals surface area contributed by atoms with Gasteiger partial charge < -0.3 is 31.2 Å². The van der Waals surface area contributed by atoms with E-state index in [1.807, 2.05) is 24.3 Å². The molecule has 2 aromatic rings. The summed E-state index contributed by atoms with van der Waals surface area (Å²) >= 11 is 0. The smallest absolute Gasteiger partial charge is 0.407 e. The molecule has 0 aromatic heterocycles. The van der Waals surface area contributed by atoms with Crippen LogP contribution in [0.5, 0.6) is 0 Å². The first-order valence-corrected chi connectivity index (χ1v) is 11.0. The lowest BCUT2D eigenvalue weighted by atomic mass is 9.98. The molecule has 8 nitrogen and oxygen atoms in total. The molecule has 172 valence electrons. The molecule has 0 radical (unpaired) electrons. The van der Waals surface area contributed by atoms with Gasteiger partial charge in [-0.25, -0.2) is 4.79 Å². The summed E-state index contributed by atoms with van der Waals surface area (Å²) in [6.45, 7) is 2.92. The highest BCUT2D eigenvalue weighted by molar-refractivity contribution is 5.79. The maximum atomic E-state index is 12.1. The summed E-state index contributed by atoms with van der Waals surface area (Å²) in [5.41, 5.74) is 15.8. The number of benzene rings is 2. The topological polar surface area (TPSA) is 120 Å². The van der Waals surface area contributed by atoms with Gasteiger partial charge in [0.15, 0.2) is 0 Å². The fourth-order valence-electron chi connectivity index (χ4n) is 3.97. The minimum absolute atomic E-state index is 0.0281. The summed E-state index contributed by atoms with van der Waals surface area (Å²) in [6.07, 6.45) is -0.228. The van der Waals surface area contributed by atoms with Gasteiger partial charge >= 0.3 is 6.09 Å². The third kappa shape index (κ3) is 6.06. The maximum Gasteiger partial charge on any atom is 0.407 e. The Balaban J connectivity index is 1.35. The van der Waals surface area contributed by atoms with Gasteiger partial charge in [-0.3, -0.25) is 4.79 Å². The number of alkyl carbamates (subject to hydrolysis) is 1. The summed E-state index contributed by atoms with van der Waals surface area (Å²) in [7, 11) is 0. The van der Waals surface area contributed by atoms with Gasteiger partial charge in [0.05, 0.1) is 19.6 Å². The lowest BCUT2D eigenvalue weighted by molar-refractivity contribution is -0.132. The van der Waals surface area contributed by atoms with Crippen LogP contribution in [0.25, 0.3) is 11.1 Å². The van der Waals surface area contributed by atoms with E-state index < -0.39 is 6.09 Å². The Bertz CT molecular complexity index is 854. The zero-order valence-corrected chi connectivity index (χ0v) is 18.3. The highest BCUT2D eigenvalue weighted by Crippen LogP contribution is 2.44. The molecule has 0 heterocycles. The molecular weight excluding hydrogens is 408 g/mol. The van der Waals surface area contributed by atoms with Crippen LogP contribution in [0.2, 0.25) is 0 Å². The van der Waals surface area contributed by atoms with Gasteiger partial charge in [0.25, 0.3) is 0 Å². The normalized spacial score (nSPS) is 12.2. The Kier molecular flexibility index (Phi) is 9.03. The fraction of sp³-hybridized carbons (Fsp3) is 0.417. The molecule has 2 aromatic carbocycles. The van der Waals surface area contributed by atoms with Crippen molar-refractivity contribution in [1.29, 1.82) is 0 Å². The summed E-state index contributed by atoms with van der Waals surface area (Å²) in [4.78, 5) is 25.9. The minimum atomic E-state index is -0.483. The number of ether oxygens (including phenoxy) is 2. The fourth-order valence-corrected chi connectivity index (χ4v) is 3.97. The zero-order valence-electron chi connectivity index (χ0n) is 18.3. The second kappa shape index (κ2) is 12.2. The van der Waals surface area contributed by atoms with Crippen LogP contribution < -0.4 is 16.8 Å². The standard InChI is InChI=1S/C24H32N4O4/c25-10-13-28(14-11-26)23(29)9-15-31-16-12-27-24(30)32-17-22-20-7-3-1-5-18(20)19-6-2-4-8-21(19)22/h1-8,22H,9-17,25-26H2,(H,27,30). The lowest BCUT2D eigenvalue weighted by Gasteiger charge is -2.21. The van der Waals surface area contributed by atoms with Crippen LogP contribution in [-0.2, 0) is 14.3 Å². The van der Waals surface area contributed by atoms with Gasteiger partial charge in [-0.1, -0.05) is 48.5 Å². The van der Waals surface area contributed by atoms with E-state index in [0.717, 1.165) is 0 Å². The molecule has 5 N–H and O–H groups in total. The van der Waals surface area contributed by atoms with Crippen molar-refractivity contribution in [2.24, 2.45) is 11.5 Å². The highest BCUT2D eigenvalue weighted by Gasteiger charge is 2.28. The molecular formula is C24H32N4O4. The Morgan fingerprint density at radius 1 is 0.906 bits per heavy atom. The Morgan fingerprint density at radius 2 is 1.50 bits per heavy atom. The van der Waals surface area contributed by atoms with Crippen LogP contribution in [0.3, 0.4) is 0 Å². The van der Waals surface area contributed by atoms with E-state index in [1.54, 1.807) is 4.90 Å². The van der Waals surface area contributed by atoms with E-state index in [2.05, 4.69) is 29.6 Å². The molecule has 2 amide bonds. The second-order valence-electron chi connectivity index (χ2n) is 7.57. The van der Waals surface area contributed by atoms with Crippen molar-refractivity contribution in [2.45, 2.75) is 12.3 Å². The number of amides is 2. The first kappa shape index (κ1) is 23.7. The SMILES string of the molecule is NCCN(CCN)C(=O)CCOCCNC(=O)OCC1c2ccccc2-c2ccccc21. The van der Waals surface area contributed by atoms with Crippen molar-refractivity contribution < 1.29 is 19.1 Å². The van der Waals surface area contributed by atoms with Crippen molar-refractivity contribution in [1.82, 2.24) is 10.2 Å². The Morgan fingerprint density at radius 3 is 2.09 bits per heavy atom. The maximum absolute atomic E-state index is 12.1. The number of nitrogens with two attached hydrogens (primary N) is 2. The average Bonchev–Trinajstić information content (AvgIpc) is 3.13. The van der Waals surface area contributed by atoms with Gasteiger partial charge in [-0.2, -0.15) is 0 Å². The van der Waals surface area contributed by atoms with Crippen molar-refractivity contribution in [3.8, 4) is 11.1 Å². The largest absolute Gasteiger partial charge is 0.449 e. The van der Waals surface area contributed by atoms with Crippen LogP contribution in [0.4, 0.5) is 4.79 Å². The van der Waals surface area contributed by atoms with Crippen molar-refractivity contribution in [3.63, 3.8) is 0 Å². The molecule has 0 atom stereocenters. The molecule has 0 saturated carbocycles. The van der Waals surface area contributed by atoms with Crippen molar-refractivity contribution in [3.05, 3.63) is 59.7 Å². The van der Waals surface area contributed by atoms with Crippen molar-refractivity contribution in [2.75, 3.05) is 52.5 Å². The lowest BCUT2D eigenvalue weighted by Crippen LogP contribution is -2.39. The van der Waals surface area contributed by atoms with Crippen LogP contribution >= 0.6 is 0 Å². The number of carbonyl (C=O) groups is 2. The van der Waals surface area contributed by atoms with E-state index in [9.17, 15) is 9.59 Å². The van der Waals surface area contributed by atoms with E-state index in [4.69, 9.17) is 20.9 Å². The predicted molar refractivity (Wildman–Crippen MR) is 123 cm³/mol. The third-order valence-electron chi connectivity index (χ3n) is 5.47. The van der Waals surface area contributed by atoms with Gasteiger partial charge in [0.1, 0.15) is 6.61 Å². The summed E-state index contributed by atoms with van der Waals surface area (Å²) in [6, 6.07) is 16.4. The summed E-state index contributed by atoms with van der Waals surface area (Å²) in [5, 5.41) is 2.69. The first-order valence-electron chi connectivity index (χ1n) is 11.0. The van der Waals surface area contributed by atoms with E-state index in [0.29, 0.717) is 39.3 Å². The minimum Gasteiger partial charge on any atom is -0.449 e. The molecule has 1 aliphatic carbocycles. The summed E-state index contributed by atoms with van der Waals surface area (Å²) < 4.78 is 10.9. The van der Waals surface area contributed by atoms with Crippen LogP contribution in [-0.4, -0.2) is 69.4 Å². The number of hydrogen-bond acceptors (Lipinski definition) is 6. The molecule has 0 fully saturated rings. The molecule has 0 saturated heterocycles. The number of rotatable bonds is 12. The zero-order chi connectivity index (χ0) is 22.8. The van der Waals surface area contributed by atoms with E-state index >= 15 is 0 Å². The molecule has 0 aliphatic heterocycles. The van der Waals surface area contributed by atoms with Crippen LogP contribution in [0, 0.1) is 0 Å². The van der Waals surface area contributed by atoms with Gasteiger partial charge in [0, 0.05) is 38.6 Å². The third-order valence-corrected chi connectivity index (χ3v) is 5.47. The molecule has 32 heavy (non-hydrogen) atoms. The number of carbonyl (C=O) groups excluding carboxylic acids is 2. The molecule has 3 rings (SSSR count). The quantitative estimate of drug-likeness (QED) is 0.432. The molecule has 0 spiro atoms. The van der Waals surface area contributed by atoms with Crippen LogP contribution in [0.1, 0.15) is 23.5 Å². The molecule has 0 unspecified atom stereocenters. The number of fused-ring (bicyclic) bond motifs is 3. The number of nitrogens with one attached hydrogen (secondary N) is 1. The highest BCUT2D eigenvalue weighted by atomic mass is 16.5. The van der Waals surface area contributed by atoms with Gasteiger partial charge in [-0.15, -0.1) is 0 Å². The van der Waals surface area contributed by atoms with Crippen LogP contribution in [0.15, 0.2) is 48.5 Å². The Labute approximate surface area is 188 Å². The first-order chi connectivity index (χ1) is 15.7. The van der Waals surface area contributed by atoms with Crippen molar-refractivity contribution >= 4 is 12.0 Å². The summed E-state index contributed by atoms with van der Waals surface area (Å²) in [5.74, 6) is -0.00852. The molecule has 1 aliphatic rings. The van der Waals surface area contributed by atoms with E-state index in [1.165, 1.54) is 22.3 Å². The van der Waals surface area contributed by atoms with Gasteiger partial charge in [0.2, 0.25) is 5.91 Å².